The number of hydrogen-bond donors (Lipinski definition) is 3. The van der Waals surface area contributed by atoms with Gasteiger partial charge in [-0.3, -0.25) is 0 Å². The molecule has 0 saturated carbocycles. The summed E-state index contributed by atoms with van der Waals surface area (Å²) in [5.41, 5.74) is 8.39. The second-order valence-corrected chi connectivity index (χ2v) is 4.75. The van der Waals surface area contributed by atoms with Gasteiger partial charge in [0, 0.05) is 24.6 Å². The number of aliphatic hydroxyl groups is 1. The molecule has 0 amide bonds. The van der Waals surface area contributed by atoms with Crippen LogP contribution in [0.3, 0.4) is 0 Å². The van der Waals surface area contributed by atoms with E-state index >= 15 is 0 Å². The molecule has 1 fully saturated rings. The molecule has 0 aliphatic carbocycles. The molecule has 0 aromatic heterocycles. The molecule has 1 aliphatic heterocycles. The summed E-state index contributed by atoms with van der Waals surface area (Å²) in [6.45, 7) is 3.50. The van der Waals surface area contributed by atoms with Crippen molar-refractivity contribution in [3.8, 4) is 0 Å². The molecule has 94 valence electrons. The maximum Gasteiger partial charge on any atom is 0.0663 e. The quantitative estimate of drug-likeness (QED) is 0.696. The smallest absolute Gasteiger partial charge is 0.0663 e. The van der Waals surface area contributed by atoms with Crippen molar-refractivity contribution < 1.29 is 9.84 Å². The highest BCUT2D eigenvalue weighted by atomic mass is 16.5. The molecule has 0 radical (unpaired) electrons. The van der Waals surface area contributed by atoms with E-state index < -0.39 is 0 Å². The van der Waals surface area contributed by atoms with E-state index in [1.807, 2.05) is 25.1 Å². The Bertz CT molecular complexity index is 387. The molecule has 17 heavy (non-hydrogen) atoms. The van der Waals surface area contributed by atoms with Crippen molar-refractivity contribution in [2.75, 3.05) is 30.9 Å². The van der Waals surface area contributed by atoms with Crippen molar-refractivity contribution in [1.29, 1.82) is 0 Å². The van der Waals surface area contributed by atoms with Crippen LogP contribution in [-0.2, 0) is 4.74 Å². The van der Waals surface area contributed by atoms with Gasteiger partial charge in [-0.1, -0.05) is 0 Å². The number of ether oxygens (including phenoxy) is 1. The van der Waals surface area contributed by atoms with Gasteiger partial charge in [0.2, 0.25) is 0 Å². The van der Waals surface area contributed by atoms with E-state index in [1.165, 1.54) is 0 Å². The number of nitrogen functional groups attached to an aromatic ring is 1. The fourth-order valence-corrected chi connectivity index (χ4v) is 2.14. The molecule has 4 nitrogen and oxygen atoms in total. The van der Waals surface area contributed by atoms with Crippen molar-refractivity contribution >= 4 is 11.4 Å². The van der Waals surface area contributed by atoms with Gasteiger partial charge in [0.1, 0.15) is 0 Å². The average Bonchev–Trinajstić information content (AvgIpc) is 2.35. The number of nitrogens with one attached hydrogen (secondary N) is 1. The lowest BCUT2D eigenvalue weighted by molar-refractivity contribution is 0.0380. The van der Waals surface area contributed by atoms with Gasteiger partial charge in [-0.05, 0) is 43.5 Å². The number of hydrogen-bond acceptors (Lipinski definition) is 4. The van der Waals surface area contributed by atoms with Gasteiger partial charge in [-0.15, -0.1) is 0 Å². The summed E-state index contributed by atoms with van der Waals surface area (Å²) < 4.78 is 5.34. The molecule has 1 aromatic rings. The minimum Gasteiger partial charge on any atom is -0.399 e. The van der Waals surface area contributed by atoms with Crippen molar-refractivity contribution in [3.63, 3.8) is 0 Å². The lowest BCUT2D eigenvalue weighted by Gasteiger charge is -2.37. The van der Waals surface area contributed by atoms with Gasteiger partial charge in [-0.25, -0.2) is 0 Å². The van der Waals surface area contributed by atoms with Gasteiger partial charge in [0.25, 0.3) is 0 Å². The average molecular weight is 236 g/mol. The fraction of sp³-hybridized carbons (Fsp3) is 0.538. The third-order valence-electron chi connectivity index (χ3n) is 3.43. The molecule has 0 atom stereocenters. The highest BCUT2D eigenvalue weighted by Crippen LogP contribution is 2.27. The van der Waals surface area contributed by atoms with Gasteiger partial charge in [-0.2, -0.15) is 0 Å². The van der Waals surface area contributed by atoms with Crippen LogP contribution < -0.4 is 11.1 Å². The SMILES string of the molecule is Cc1cc(NC2(CO)CCOCC2)ccc1N. The first-order chi connectivity index (χ1) is 8.15. The topological polar surface area (TPSA) is 67.5 Å². The Morgan fingerprint density at radius 3 is 2.71 bits per heavy atom. The molecule has 0 unspecified atom stereocenters. The van der Waals surface area contributed by atoms with Crippen molar-refractivity contribution in [2.24, 2.45) is 0 Å². The lowest BCUT2D eigenvalue weighted by atomic mass is 9.90. The normalized spacial score (nSPS) is 18.9. The molecule has 1 aromatic carbocycles. The molecule has 0 spiro atoms. The Labute approximate surface area is 102 Å². The van der Waals surface area contributed by atoms with Crippen LogP contribution in [0.5, 0.6) is 0 Å². The number of rotatable bonds is 3. The number of benzene rings is 1. The predicted molar refractivity (Wildman–Crippen MR) is 69.1 cm³/mol. The van der Waals surface area contributed by atoms with E-state index in [1.54, 1.807) is 0 Å². The van der Waals surface area contributed by atoms with Crippen LogP contribution >= 0.6 is 0 Å². The number of aliphatic hydroxyl groups excluding tert-OH is 1. The Kier molecular flexibility index (Phi) is 3.54. The molecule has 0 bridgehead atoms. The summed E-state index contributed by atoms with van der Waals surface area (Å²) >= 11 is 0. The van der Waals surface area contributed by atoms with Crippen LogP contribution in [0.1, 0.15) is 18.4 Å². The van der Waals surface area contributed by atoms with Crippen LogP contribution in [0.25, 0.3) is 0 Å². The van der Waals surface area contributed by atoms with Crippen molar-refractivity contribution in [2.45, 2.75) is 25.3 Å². The van der Waals surface area contributed by atoms with E-state index in [9.17, 15) is 5.11 Å². The first kappa shape index (κ1) is 12.2. The minimum atomic E-state index is -0.249. The highest BCUT2D eigenvalue weighted by molar-refractivity contribution is 5.57. The summed E-state index contributed by atoms with van der Waals surface area (Å²) in [7, 11) is 0. The van der Waals surface area contributed by atoms with Crippen LogP contribution in [0, 0.1) is 6.92 Å². The third kappa shape index (κ3) is 2.70. The summed E-state index contributed by atoms with van der Waals surface area (Å²) in [5.74, 6) is 0. The zero-order chi connectivity index (χ0) is 12.3. The first-order valence-corrected chi connectivity index (χ1v) is 5.98. The molecule has 4 N–H and O–H groups in total. The summed E-state index contributed by atoms with van der Waals surface area (Å²) in [6, 6.07) is 5.86. The molecular formula is C13H20N2O2. The van der Waals surface area contributed by atoms with Crippen LogP contribution in [-0.4, -0.2) is 30.5 Å². The van der Waals surface area contributed by atoms with Crippen molar-refractivity contribution in [1.82, 2.24) is 0 Å². The third-order valence-corrected chi connectivity index (χ3v) is 3.43. The standard InChI is InChI=1S/C13H20N2O2/c1-10-8-11(2-3-12(10)14)15-13(9-16)4-6-17-7-5-13/h2-3,8,15-16H,4-7,9,14H2,1H3. The largest absolute Gasteiger partial charge is 0.399 e. The molecule has 4 heteroatoms. The summed E-state index contributed by atoms with van der Waals surface area (Å²) in [6.07, 6.45) is 1.65. The van der Waals surface area contributed by atoms with Crippen molar-refractivity contribution in [3.05, 3.63) is 23.8 Å². The lowest BCUT2D eigenvalue weighted by Crippen LogP contribution is -2.46. The number of aryl methyl sites for hydroxylation is 1. The Morgan fingerprint density at radius 2 is 2.12 bits per heavy atom. The van der Waals surface area contributed by atoms with Gasteiger partial charge in [0.15, 0.2) is 0 Å². The maximum absolute atomic E-state index is 9.58. The first-order valence-electron chi connectivity index (χ1n) is 5.98. The molecule has 1 heterocycles. The Morgan fingerprint density at radius 1 is 1.41 bits per heavy atom. The van der Waals surface area contributed by atoms with E-state index in [0.29, 0.717) is 13.2 Å². The second kappa shape index (κ2) is 4.94. The predicted octanol–water partition coefficient (Wildman–Crippen LogP) is 1.53. The maximum atomic E-state index is 9.58. The van der Waals surface area contributed by atoms with E-state index in [0.717, 1.165) is 29.8 Å². The highest BCUT2D eigenvalue weighted by Gasteiger charge is 2.31. The summed E-state index contributed by atoms with van der Waals surface area (Å²) in [4.78, 5) is 0. The molecule has 2 rings (SSSR count). The fourth-order valence-electron chi connectivity index (χ4n) is 2.14. The summed E-state index contributed by atoms with van der Waals surface area (Å²) in [5, 5.41) is 13.0. The minimum absolute atomic E-state index is 0.125. The Hall–Kier alpha value is -1.26. The van der Waals surface area contributed by atoms with E-state index in [4.69, 9.17) is 10.5 Å². The molecule has 1 saturated heterocycles. The van der Waals surface area contributed by atoms with E-state index in [2.05, 4.69) is 5.32 Å². The van der Waals surface area contributed by atoms with Crippen LogP contribution in [0.2, 0.25) is 0 Å². The van der Waals surface area contributed by atoms with Crippen LogP contribution in [0.4, 0.5) is 11.4 Å². The van der Waals surface area contributed by atoms with Gasteiger partial charge in [0.05, 0.1) is 12.1 Å². The molecule has 1 aliphatic rings. The number of nitrogens with two attached hydrogens (primary N) is 1. The zero-order valence-electron chi connectivity index (χ0n) is 10.2. The van der Waals surface area contributed by atoms with Gasteiger partial charge < -0.3 is 20.9 Å². The second-order valence-electron chi connectivity index (χ2n) is 4.75. The zero-order valence-corrected chi connectivity index (χ0v) is 10.2. The monoisotopic (exact) mass is 236 g/mol. The van der Waals surface area contributed by atoms with E-state index in [-0.39, 0.29) is 12.1 Å². The van der Waals surface area contributed by atoms with Crippen LogP contribution in [0.15, 0.2) is 18.2 Å². The molecular weight excluding hydrogens is 216 g/mol. The number of anilines is 2. The Balaban J connectivity index is 2.14. The van der Waals surface area contributed by atoms with Gasteiger partial charge >= 0.3 is 0 Å².